The summed E-state index contributed by atoms with van der Waals surface area (Å²) < 4.78 is 5.51. The van der Waals surface area contributed by atoms with Crippen LogP contribution < -0.4 is 0 Å². The zero-order valence-electron chi connectivity index (χ0n) is 11.2. The molecule has 0 amide bonds. The van der Waals surface area contributed by atoms with E-state index in [9.17, 15) is 0 Å². The number of piperidine rings is 1. The fraction of sp³-hybridized carbons (Fsp3) is 1.00. The number of hydrogen-bond acceptors (Lipinski definition) is 3. The molecule has 0 N–H and O–H groups in total. The number of nitrogens with zero attached hydrogens (tertiary/aromatic N) is 1. The second-order valence-corrected chi connectivity index (χ2v) is 6.24. The molecule has 0 saturated carbocycles. The first-order valence-electron chi connectivity index (χ1n) is 7.19. The molecule has 1 unspecified atom stereocenters. The summed E-state index contributed by atoms with van der Waals surface area (Å²) in [6.07, 6.45) is 6.56. The Balaban J connectivity index is 1.88. The molecule has 100 valence electrons. The molecule has 2 rings (SSSR count). The molecule has 0 aromatic heterocycles. The summed E-state index contributed by atoms with van der Waals surface area (Å²) >= 11 is 4.61. The third-order valence-corrected chi connectivity index (χ3v) is 5.30. The van der Waals surface area contributed by atoms with Gasteiger partial charge in [0.15, 0.2) is 0 Å². The van der Waals surface area contributed by atoms with Gasteiger partial charge in [-0.05, 0) is 49.3 Å². The Morgan fingerprint density at radius 3 is 2.76 bits per heavy atom. The smallest absolute Gasteiger partial charge is 0.0472 e. The quantitative estimate of drug-likeness (QED) is 0.778. The lowest BCUT2D eigenvalue weighted by Crippen LogP contribution is -2.46. The lowest BCUT2D eigenvalue weighted by Gasteiger charge is -2.42. The summed E-state index contributed by atoms with van der Waals surface area (Å²) in [5.74, 6) is 1.95. The number of rotatable bonds is 4. The van der Waals surface area contributed by atoms with Gasteiger partial charge >= 0.3 is 0 Å². The minimum Gasteiger partial charge on any atom is -0.381 e. The minimum absolute atomic E-state index is 0.428. The van der Waals surface area contributed by atoms with E-state index >= 15 is 0 Å². The van der Waals surface area contributed by atoms with Crippen LogP contribution in [0.25, 0.3) is 0 Å². The van der Waals surface area contributed by atoms with Crippen molar-refractivity contribution in [3.8, 4) is 0 Å². The van der Waals surface area contributed by atoms with E-state index in [1.54, 1.807) is 0 Å². The molecule has 2 nitrogen and oxygen atoms in total. The molecule has 2 aliphatic rings. The summed E-state index contributed by atoms with van der Waals surface area (Å²) in [6, 6.07) is 0. The molecule has 2 heterocycles. The summed E-state index contributed by atoms with van der Waals surface area (Å²) in [5, 5.41) is 0. The predicted molar refractivity (Wildman–Crippen MR) is 75.8 cm³/mol. The molecule has 1 atom stereocenters. The summed E-state index contributed by atoms with van der Waals surface area (Å²) in [7, 11) is 0. The molecule has 0 radical (unpaired) electrons. The van der Waals surface area contributed by atoms with Gasteiger partial charge in [-0.1, -0.05) is 13.3 Å². The second-order valence-electron chi connectivity index (χ2n) is 5.92. The van der Waals surface area contributed by atoms with E-state index in [-0.39, 0.29) is 0 Å². The Kier molecular flexibility index (Phi) is 5.19. The van der Waals surface area contributed by atoms with Crippen LogP contribution in [-0.2, 0) is 4.74 Å². The highest BCUT2D eigenvalue weighted by molar-refractivity contribution is 7.80. The van der Waals surface area contributed by atoms with Gasteiger partial charge < -0.3 is 9.64 Å². The lowest BCUT2D eigenvalue weighted by molar-refractivity contribution is 0.000604. The molecule has 3 heteroatoms. The monoisotopic (exact) mass is 257 g/mol. The van der Waals surface area contributed by atoms with Gasteiger partial charge in [-0.2, -0.15) is 12.6 Å². The van der Waals surface area contributed by atoms with Gasteiger partial charge in [0.2, 0.25) is 0 Å². The lowest BCUT2D eigenvalue weighted by atomic mass is 9.80. The van der Waals surface area contributed by atoms with Crippen molar-refractivity contribution in [1.29, 1.82) is 0 Å². The van der Waals surface area contributed by atoms with Gasteiger partial charge in [0, 0.05) is 26.3 Å². The van der Waals surface area contributed by atoms with Gasteiger partial charge in [-0.3, -0.25) is 0 Å². The van der Waals surface area contributed by atoms with Crippen LogP contribution >= 0.6 is 12.6 Å². The van der Waals surface area contributed by atoms with Crippen LogP contribution in [0.15, 0.2) is 0 Å². The Morgan fingerprint density at radius 1 is 1.35 bits per heavy atom. The normalized spacial score (nSPS) is 30.4. The van der Waals surface area contributed by atoms with Crippen molar-refractivity contribution in [3.63, 3.8) is 0 Å². The molecular weight excluding hydrogens is 230 g/mol. The van der Waals surface area contributed by atoms with Crippen LogP contribution in [0.5, 0.6) is 0 Å². The van der Waals surface area contributed by atoms with Gasteiger partial charge in [0.1, 0.15) is 0 Å². The molecule has 2 saturated heterocycles. The zero-order chi connectivity index (χ0) is 12.1. The van der Waals surface area contributed by atoms with Crippen molar-refractivity contribution >= 4 is 12.6 Å². The fourth-order valence-corrected chi connectivity index (χ4v) is 3.69. The van der Waals surface area contributed by atoms with Crippen LogP contribution in [0.4, 0.5) is 0 Å². The molecule has 2 fully saturated rings. The Labute approximate surface area is 112 Å². The molecule has 0 aromatic carbocycles. The molecule has 0 bridgehead atoms. The van der Waals surface area contributed by atoms with Crippen LogP contribution in [0.3, 0.4) is 0 Å². The molecule has 0 aliphatic carbocycles. The zero-order valence-corrected chi connectivity index (χ0v) is 12.1. The van der Waals surface area contributed by atoms with E-state index in [2.05, 4.69) is 24.5 Å². The minimum atomic E-state index is 0.428. The van der Waals surface area contributed by atoms with Gasteiger partial charge in [0.25, 0.3) is 0 Å². The SMILES string of the molecule is CCC1CCCN(CC2(CS)CCOCC2)C1. The topological polar surface area (TPSA) is 12.5 Å². The van der Waals surface area contributed by atoms with Gasteiger partial charge in [-0.25, -0.2) is 0 Å². The number of ether oxygens (including phenoxy) is 1. The van der Waals surface area contributed by atoms with Gasteiger partial charge in [-0.15, -0.1) is 0 Å². The molecule has 0 spiro atoms. The van der Waals surface area contributed by atoms with Crippen LogP contribution in [0.2, 0.25) is 0 Å². The van der Waals surface area contributed by atoms with E-state index < -0.39 is 0 Å². The Hall–Kier alpha value is 0.270. The standard InChI is InChI=1S/C14H27NOS/c1-2-13-4-3-7-15(10-13)11-14(12-17)5-8-16-9-6-14/h13,17H,2-12H2,1H3. The maximum atomic E-state index is 5.51. The summed E-state index contributed by atoms with van der Waals surface area (Å²) in [5.41, 5.74) is 0.428. The third-order valence-electron chi connectivity index (χ3n) is 4.63. The first-order valence-corrected chi connectivity index (χ1v) is 7.82. The molecule has 0 aromatic rings. The fourth-order valence-electron chi connectivity index (χ4n) is 3.27. The first kappa shape index (κ1) is 13.7. The van der Waals surface area contributed by atoms with Crippen molar-refractivity contribution in [1.82, 2.24) is 4.90 Å². The summed E-state index contributed by atoms with van der Waals surface area (Å²) in [4.78, 5) is 2.69. The van der Waals surface area contributed by atoms with Crippen LogP contribution in [0, 0.1) is 11.3 Å². The molecule has 2 aliphatic heterocycles. The maximum Gasteiger partial charge on any atom is 0.0472 e. The van der Waals surface area contributed by atoms with Gasteiger partial charge in [0.05, 0.1) is 0 Å². The highest BCUT2D eigenvalue weighted by Crippen LogP contribution is 2.34. The highest BCUT2D eigenvalue weighted by atomic mass is 32.1. The van der Waals surface area contributed by atoms with E-state index in [1.807, 2.05) is 0 Å². The van der Waals surface area contributed by atoms with E-state index in [1.165, 1.54) is 51.7 Å². The summed E-state index contributed by atoms with van der Waals surface area (Å²) in [6.45, 7) is 8.06. The molecule has 17 heavy (non-hydrogen) atoms. The van der Waals surface area contributed by atoms with Crippen molar-refractivity contribution in [2.75, 3.05) is 38.6 Å². The third kappa shape index (κ3) is 3.62. The average Bonchev–Trinajstić information content (AvgIpc) is 2.40. The number of thiol groups is 1. The van der Waals surface area contributed by atoms with Crippen LogP contribution in [0.1, 0.15) is 39.0 Å². The van der Waals surface area contributed by atoms with Crippen molar-refractivity contribution < 1.29 is 4.74 Å². The second kappa shape index (κ2) is 6.44. The maximum absolute atomic E-state index is 5.51. The van der Waals surface area contributed by atoms with E-state index in [0.717, 1.165) is 24.9 Å². The predicted octanol–water partition coefficient (Wildman–Crippen LogP) is 2.84. The highest BCUT2D eigenvalue weighted by Gasteiger charge is 2.34. The first-order chi connectivity index (χ1) is 8.28. The van der Waals surface area contributed by atoms with Crippen molar-refractivity contribution in [2.24, 2.45) is 11.3 Å². The number of likely N-dealkylation sites (tertiary alicyclic amines) is 1. The van der Waals surface area contributed by atoms with Crippen molar-refractivity contribution in [3.05, 3.63) is 0 Å². The molecular formula is C14H27NOS. The van der Waals surface area contributed by atoms with Crippen molar-refractivity contribution in [2.45, 2.75) is 39.0 Å². The largest absolute Gasteiger partial charge is 0.381 e. The average molecular weight is 257 g/mol. The van der Waals surface area contributed by atoms with Crippen LogP contribution in [-0.4, -0.2) is 43.5 Å². The van der Waals surface area contributed by atoms with E-state index in [4.69, 9.17) is 4.74 Å². The Morgan fingerprint density at radius 2 is 2.12 bits per heavy atom. The Bertz CT molecular complexity index is 228. The number of hydrogen-bond donors (Lipinski definition) is 1. The van der Waals surface area contributed by atoms with E-state index in [0.29, 0.717) is 5.41 Å².